The number of ketones is 1. The maximum Gasteiger partial charge on any atom is 0.416 e. The van der Waals surface area contributed by atoms with E-state index in [1.54, 1.807) is 12.1 Å². The van der Waals surface area contributed by atoms with Gasteiger partial charge in [0.2, 0.25) is 0 Å². The van der Waals surface area contributed by atoms with Crippen LogP contribution in [0.25, 0.3) is 11.1 Å². The average Bonchev–Trinajstić information content (AvgIpc) is 2.72. The Bertz CT molecular complexity index is 1130. The van der Waals surface area contributed by atoms with E-state index in [9.17, 15) is 18.0 Å². The number of alkyl halides is 3. The summed E-state index contributed by atoms with van der Waals surface area (Å²) in [6.07, 6.45) is -4.51. The van der Waals surface area contributed by atoms with Crippen molar-refractivity contribution in [2.75, 3.05) is 13.2 Å². The van der Waals surface area contributed by atoms with Crippen molar-refractivity contribution in [2.45, 2.75) is 31.9 Å². The van der Waals surface area contributed by atoms with Crippen molar-refractivity contribution >= 4 is 5.78 Å². The summed E-state index contributed by atoms with van der Waals surface area (Å²) in [5.74, 6) is -0.212. The van der Waals surface area contributed by atoms with Crippen molar-refractivity contribution < 1.29 is 22.7 Å². The molecule has 31 heavy (non-hydrogen) atoms. The molecule has 5 heteroatoms. The third kappa shape index (κ3) is 4.42. The summed E-state index contributed by atoms with van der Waals surface area (Å²) in [5, 5.41) is 0. The van der Waals surface area contributed by atoms with Crippen LogP contribution in [-0.2, 0) is 22.7 Å². The second kappa shape index (κ2) is 7.97. The van der Waals surface area contributed by atoms with Gasteiger partial charge in [0.1, 0.15) is 0 Å². The van der Waals surface area contributed by atoms with Gasteiger partial charge in [-0.3, -0.25) is 4.79 Å². The smallest absolute Gasteiger partial charge is 0.379 e. The van der Waals surface area contributed by atoms with Gasteiger partial charge in [-0.15, -0.1) is 0 Å². The molecule has 3 aromatic carbocycles. The van der Waals surface area contributed by atoms with E-state index in [-0.39, 0.29) is 17.6 Å². The molecule has 0 unspecified atom stereocenters. The van der Waals surface area contributed by atoms with E-state index in [0.29, 0.717) is 24.3 Å². The number of benzene rings is 3. The molecule has 160 valence electrons. The number of hydrogen-bond acceptors (Lipinski definition) is 2. The zero-order chi connectivity index (χ0) is 22.2. The van der Waals surface area contributed by atoms with Gasteiger partial charge < -0.3 is 4.74 Å². The number of hydrogen-bond donors (Lipinski definition) is 0. The molecule has 1 heterocycles. The molecule has 1 aliphatic rings. The first-order valence-electron chi connectivity index (χ1n) is 10.1. The molecule has 0 saturated carbocycles. The fourth-order valence-electron chi connectivity index (χ4n) is 3.89. The average molecular weight is 424 g/mol. The van der Waals surface area contributed by atoms with Crippen LogP contribution < -0.4 is 0 Å². The van der Waals surface area contributed by atoms with Gasteiger partial charge in [0.05, 0.1) is 18.8 Å². The molecule has 0 bridgehead atoms. The van der Waals surface area contributed by atoms with Crippen molar-refractivity contribution in [1.29, 1.82) is 0 Å². The van der Waals surface area contributed by atoms with E-state index in [2.05, 4.69) is 19.1 Å². The Morgan fingerprint density at radius 3 is 2.42 bits per heavy atom. The maximum absolute atomic E-state index is 13.0. The van der Waals surface area contributed by atoms with E-state index >= 15 is 0 Å². The SMILES string of the molecule is Cc1ccc(C(=O)Cc2cccc(C(F)(F)F)c2)cc1-c1cccc(C2(C)COC2)c1. The van der Waals surface area contributed by atoms with Crippen molar-refractivity contribution in [1.82, 2.24) is 0 Å². The van der Waals surface area contributed by atoms with Crippen LogP contribution in [0.3, 0.4) is 0 Å². The number of halogens is 3. The van der Waals surface area contributed by atoms with Crippen molar-refractivity contribution in [3.05, 3.63) is 94.5 Å². The third-order valence-corrected chi connectivity index (χ3v) is 5.89. The van der Waals surface area contributed by atoms with Gasteiger partial charge in [-0.25, -0.2) is 0 Å². The highest BCUT2D eigenvalue weighted by Crippen LogP contribution is 2.35. The normalized spacial score (nSPS) is 15.4. The Morgan fingerprint density at radius 2 is 1.74 bits per heavy atom. The molecule has 1 fully saturated rings. The quantitative estimate of drug-likeness (QED) is 0.444. The first kappa shape index (κ1) is 21.3. The largest absolute Gasteiger partial charge is 0.416 e. The predicted molar refractivity (Wildman–Crippen MR) is 114 cm³/mol. The Kier molecular flexibility index (Phi) is 5.48. The molecule has 0 radical (unpaired) electrons. The zero-order valence-corrected chi connectivity index (χ0v) is 17.4. The van der Waals surface area contributed by atoms with Crippen LogP contribution in [0.1, 0.15) is 39.5 Å². The number of rotatable bonds is 5. The minimum atomic E-state index is -4.43. The minimum absolute atomic E-state index is 0.000838. The van der Waals surface area contributed by atoms with Crippen molar-refractivity contribution in [3.8, 4) is 11.1 Å². The van der Waals surface area contributed by atoms with Crippen LogP contribution in [-0.4, -0.2) is 19.0 Å². The van der Waals surface area contributed by atoms with Crippen LogP contribution in [0.5, 0.6) is 0 Å². The van der Waals surface area contributed by atoms with Gasteiger partial charge in [0.15, 0.2) is 5.78 Å². The molecule has 0 aliphatic carbocycles. The molecule has 3 aromatic rings. The summed E-state index contributed by atoms with van der Waals surface area (Å²) in [7, 11) is 0. The first-order valence-corrected chi connectivity index (χ1v) is 10.1. The lowest BCUT2D eigenvalue weighted by Crippen LogP contribution is -2.43. The highest BCUT2D eigenvalue weighted by Gasteiger charge is 2.35. The van der Waals surface area contributed by atoms with E-state index in [4.69, 9.17) is 4.74 Å². The van der Waals surface area contributed by atoms with Gasteiger partial charge in [-0.05, 0) is 46.9 Å². The minimum Gasteiger partial charge on any atom is -0.379 e. The molecular weight excluding hydrogens is 401 g/mol. The first-order chi connectivity index (χ1) is 14.7. The van der Waals surface area contributed by atoms with Crippen LogP contribution in [0.2, 0.25) is 0 Å². The second-order valence-corrected chi connectivity index (χ2v) is 8.46. The fourth-order valence-corrected chi connectivity index (χ4v) is 3.89. The molecule has 0 aromatic heterocycles. The molecule has 0 atom stereocenters. The van der Waals surface area contributed by atoms with E-state index in [0.717, 1.165) is 28.8 Å². The highest BCUT2D eigenvalue weighted by atomic mass is 19.4. The maximum atomic E-state index is 13.0. The molecule has 1 aliphatic heterocycles. The summed E-state index contributed by atoms with van der Waals surface area (Å²) in [6, 6.07) is 18.6. The third-order valence-electron chi connectivity index (χ3n) is 5.89. The lowest BCUT2D eigenvalue weighted by molar-refractivity contribution is -0.137. The number of carbonyl (C=O) groups excluding carboxylic acids is 1. The van der Waals surface area contributed by atoms with Crippen LogP contribution in [0.15, 0.2) is 66.7 Å². The Balaban J connectivity index is 1.61. The fraction of sp³-hybridized carbons (Fsp3) is 0.269. The highest BCUT2D eigenvalue weighted by molar-refractivity contribution is 5.98. The number of aryl methyl sites for hydroxylation is 1. The summed E-state index contributed by atoms with van der Waals surface area (Å²) >= 11 is 0. The van der Waals surface area contributed by atoms with Crippen LogP contribution >= 0.6 is 0 Å². The molecule has 1 saturated heterocycles. The number of Topliss-reactive ketones (excluding diaryl/α,β-unsaturated/α-hetero) is 1. The molecule has 4 rings (SSSR count). The van der Waals surface area contributed by atoms with E-state index < -0.39 is 11.7 Å². The summed E-state index contributed by atoms with van der Waals surface area (Å²) in [6.45, 7) is 5.52. The molecule has 0 N–H and O–H groups in total. The molecule has 0 spiro atoms. The monoisotopic (exact) mass is 424 g/mol. The lowest BCUT2D eigenvalue weighted by Gasteiger charge is -2.38. The Labute approximate surface area is 179 Å². The summed E-state index contributed by atoms with van der Waals surface area (Å²) < 4.78 is 44.3. The lowest BCUT2D eigenvalue weighted by atomic mass is 9.79. The second-order valence-electron chi connectivity index (χ2n) is 8.46. The van der Waals surface area contributed by atoms with E-state index in [1.807, 2.05) is 31.2 Å². The zero-order valence-electron chi connectivity index (χ0n) is 17.4. The van der Waals surface area contributed by atoms with Crippen LogP contribution in [0.4, 0.5) is 13.2 Å². The molecule has 0 amide bonds. The van der Waals surface area contributed by atoms with Gasteiger partial charge >= 0.3 is 6.18 Å². The Hall–Kier alpha value is -2.92. The van der Waals surface area contributed by atoms with Crippen molar-refractivity contribution in [2.24, 2.45) is 0 Å². The van der Waals surface area contributed by atoms with E-state index in [1.165, 1.54) is 11.6 Å². The molecule has 2 nitrogen and oxygen atoms in total. The number of ether oxygens (including phenoxy) is 1. The van der Waals surface area contributed by atoms with Gasteiger partial charge in [-0.2, -0.15) is 13.2 Å². The van der Waals surface area contributed by atoms with Gasteiger partial charge in [-0.1, -0.05) is 61.5 Å². The van der Waals surface area contributed by atoms with Gasteiger partial charge in [0.25, 0.3) is 0 Å². The van der Waals surface area contributed by atoms with Crippen LogP contribution in [0, 0.1) is 6.92 Å². The standard InChI is InChI=1S/C26H23F3O2/c1-17-9-10-20(24(30)12-18-5-3-8-22(11-18)26(27,28)29)14-23(17)19-6-4-7-21(13-19)25(2)15-31-16-25/h3-11,13-14H,12,15-16H2,1-2H3. The van der Waals surface area contributed by atoms with Crippen molar-refractivity contribution in [3.63, 3.8) is 0 Å². The summed E-state index contributed by atoms with van der Waals surface area (Å²) in [4.78, 5) is 12.9. The van der Waals surface area contributed by atoms with Gasteiger partial charge in [0, 0.05) is 17.4 Å². The topological polar surface area (TPSA) is 26.3 Å². The summed E-state index contributed by atoms with van der Waals surface area (Å²) in [5.41, 5.74) is 4.27. The predicted octanol–water partition coefficient (Wildman–Crippen LogP) is 6.39. The molecular formula is C26H23F3O2. The Morgan fingerprint density at radius 1 is 1.00 bits per heavy atom. The number of carbonyl (C=O) groups is 1.